The number of hydrogen-bond acceptors (Lipinski definition) is 3. The molecule has 0 aromatic heterocycles. The zero-order chi connectivity index (χ0) is 15.3. The Morgan fingerprint density at radius 2 is 2.00 bits per heavy atom. The monoisotopic (exact) mass is 366 g/mol. The molecule has 20 heavy (non-hydrogen) atoms. The Kier molecular flexibility index (Phi) is 6.09. The highest BCUT2D eigenvalue weighted by atomic mass is 79.9. The molecule has 0 atom stereocenters. The molecule has 2 N–H and O–H groups in total. The molecule has 0 saturated heterocycles. The molecule has 0 unspecified atom stereocenters. The van der Waals surface area contributed by atoms with E-state index >= 15 is 0 Å². The van der Waals surface area contributed by atoms with E-state index in [1.165, 1.54) is 6.07 Å². The SMILES string of the molecule is CC(C)C(=O)NCCNS(=O)(=O)c1ccc(F)cc1Br. The van der Waals surface area contributed by atoms with E-state index < -0.39 is 15.8 Å². The van der Waals surface area contributed by atoms with Crippen LogP contribution in [-0.4, -0.2) is 27.4 Å². The van der Waals surface area contributed by atoms with Crippen LogP contribution in [0, 0.1) is 11.7 Å². The number of amides is 1. The van der Waals surface area contributed by atoms with Crippen LogP contribution in [0.1, 0.15) is 13.8 Å². The van der Waals surface area contributed by atoms with Crippen LogP contribution in [0.3, 0.4) is 0 Å². The number of sulfonamides is 1. The maximum Gasteiger partial charge on any atom is 0.241 e. The Morgan fingerprint density at radius 3 is 2.55 bits per heavy atom. The first kappa shape index (κ1) is 17.1. The quantitative estimate of drug-likeness (QED) is 0.751. The third-order valence-corrected chi connectivity index (χ3v) is 4.86. The molecule has 0 radical (unpaired) electrons. The van der Waals surface area contributed by atoms with E-state index in [0.29, 0.717) is 0 Å². The van der Waals surface area contributed by atoms with Crippen molar-refractivity contribution >= 4 is 31.9 Å². The highest BCUT2D eigenvalue weighted by molar-refractivity contribution is 9.10. The van der Waals surface area contributed by atoms with Crippen LogP contribution in [0.5, 0.6) is 0 Å². The Labute approximate surface area is 126 Å². The summed E-state index contributed by atoms with van der Waals surface area (Å²) in [7, 11) is -3.74. The average Bonchev–Trinajstić information content (AvgIpc) is 2.33. The van der Waals surface area contributed by atoms with E-state index in [2.05, 4.69) is 26.0 Å². The summed E-state index contributed by atoms with van der Waals surface area (Å²) in [5.74, 6) is -0.829. The third kappa shape index (κ3) is 4.84. The summed E-state index contributed by atoms with van der Waals surface area (Å²) in [5.41, 5.74) is 0. The van der Waals surface area contributed by atoms with Gasteiger partial charge in [-0.1, -0.05) is 13.8 Å². The van der Waals surface area contributed by atoms with Crippen molar-refractivity contribution < 1.29 is 17.6 Å². The van der Waals surface area contributed by atoms with E-state index in [1.54, 1.807) is 13.8 Å². The van der Waals surface area contributed by atoms with Crippen LogP contribution >= 0.6 is 15.9 Å². The number of carbonyl (C=O) groups is 1. The van der Waals surface area contributed by atoms with E-state index in [9.17, 15) is 17.6 Å². The molecular formula is C12H16BrFN2O3S. The van der Waals surface area contributed by atoms with Gasteiger partial charge in [0.2, 0.25) is 15.9 Å². The summed E-state index contributed by atoms with van der Waals surface area (Å²) in [6, 6.07) is 3.32. The van der Waals surface area contributed by atoms with Crippen LogP contribution in [-0.2, 0) is 14.8 Å². The lowest BCUT2D eigenvalue weighted by Gasteiger charge is -2.10. The number of rotatable bonds is 6. The minimum atomic E-state index is -3.74. The van der Waals surface area contributed by atoms with Crippen LogP contribution in [0.25, 0.3) is 0 Å². The molecule has 8 heteroatoms. The number of halogens is 2. The van der Waals surface area contributed by atoms with Crippen molar-refractivity contribution in [2.75, 3.05) is 13.1 Å². The second-order valence-corrected chi connectivity index (χ2v) is 7.01. The zero-order valence-electron chi connectivity index (χ0n) is 11.1. The Hall–Kier alpha value is -0.990. The summed E-state index contributed by atoms with van der Waals surface area (Å²) in [5, 5.41) is 2.59. The van der Waals surface area contributed by atoms with Crippen molar-refractivity contribution in [1.82, 2.24) is 10.0 Å². The van der Waals surface area contributed by atoms with Gasteiger partial charge in [-0.25, -0.2) is 17.5 Å². The fraction of sp³-hybridized carbons (Fsp3) is 0.417. The van der Waals surface area contributed by atoms with Crippen molar-refractivity contribution in [3.63, 3.8) is 0 Å². The molecule has 5 nitrogen and oxygen atoms in total. The van der Waals surface area contributed by atoms with Gasteiger partial charge in [0.25, 0.3) is 0 Å². The maximum atomic E-state index is 12.9. The van der Waals surface area contributed by atoms with Gasteiger partial charge in [0.05, 0.1) is 4.90 Å². The zero-order valence-corrected chi connectivity index (χ0v) is 13.5. The summed E-state index contributed by atoms with van der Waals surface area (Å²) >= 11 is 3.01. The molecule has 112 valence electrons. The maximum absolute atomic E-state index is 12.9. The average molecular weight is 367 g/mol. The number of hydrogen-bond donors (Lipinski definition) is 2. The minimum Gasteiger partial charge on any atom is -0.355 e. The summed E-state index contributed by atoms with van der Waals surface area (Å²) < 4.78 is 39.3. The fourth-order valence-corrected chi connectivity index (χ4v) is 3.43. The molecule has 1 aromatic rings. The number of nitrogens with one attached hydrogen (secondary N) is 2. The highest BCUT2D eigenvalue weighted by Gasteiger charge is 2.17. The van der Waals surface area contributed by atoms with Crippen LogP contribution in [0.2, 0.25) is 0 Å². The van der Waals surface area contributed by atoms with Gasteiger partial charge in [-0.3, -0.25) is 4.79 Å². The Morgan fingerprint density at radius 1 is 1.35 bits per heavy atom. The van der Waals surface area contributed by atoms with Gasteiger partial charge in [0, 0.05) is 23.5 Å². The predicted molar refractivity (Wildman–Crippen MR) is 77.1 cm³/mol. The lowest BCUT2D eigenvalue weighted by atomic mass is 10.2. The summed E-state index contributed by atoms with van der Waals surface area (Å²) in [6.45, 7) is 3.74. The van der Waals surface area contributed by atoms with Crippen LogP contribution in [0.15, 0.2) is 27.6 Å². The van der Waals surface area contributed by atoms with Crippen molar-refractivity contribution in [3.05, 3.63) is 28.5 Å². The molecule has 0 aliphatic rings. The van der Waals surface area contributed by atoms with Gasteiger partial charge in [-0.2, -0.15) is 0 Å². The van der Waals surface area contributed by atoms with Crippen molar-refractivity contribution in [2.24, 2.45) is 5.92 Å². The first-order valence-corrected chi connectivity index (χ1v) is 8.24. The van der Waals surface area contributed by atoms with E-state index in [-0.39, 0.29) is 34.3 Å². The topological polar surface area (TPSA) is 75.3 Å². The van der Waals surface area contributed by atoms with Crippen molar-refractivity contribution in [2.45, 2.75) is 18.7 Å². The van der Waals surface area contributed by atoms with E-state index in [1.807, 2.05) is 0 Å². The Bertz CT molecular complexity index is 590. The second kappa shape index (κ2) is 7.14. The molecule has 1 amide bonds. The molecule has 0 spiro atoms. The molecule has 0 aliphatic carbocycles. The van der Waals surface area contributed by atoms with Gasteiger partial charge in [-0.15, -0.1) is 0 Å². The molecule has 0 aliphatic heterocycles. The lowest BCUT2D eigenvalue weighted by molar-refractivity contribution is -0.123. The second-order valence-electron chi connectivity index (χ2n) is 4.42. The molecular weight excluding hydrogens is 351 g/mol. The molecule has 0 fully saturated rings. The predicted octanol–water partition coefficient (Wildman–Crippen LogP) is 1.64. The summed E-state index contributed by atoms with van der Waals surface area (Å²) in [6.07, 6.45) is 0. The van der Waals surface area contributed by atoms with Gasteiger partial charge >= 0.3 is 0 Å². The van der Waals surface area contributed by atoms with E-state index in [4.69, 9.17) is 0 Å². The Balaban J connectivity index is 2.60. The lowest BCUT2D eigenvalue weighted by Crippen LogP contribution is -2.36. The molecule has 0 heterocycles. The first-order chi connectivity index (χ1) is 9.24. The third-order valence-electron chi connectivity index (χ3n) is 2.42. The van der Waals surface area contributed by atoms with Gasteiger partial charge in [-0.05, 0) is 34.1 Å². The molecule has 1 rings (SSSR count). The molecule has 1 aromatic carbocycles. The van der Waals surface area contributed by atoms with Crippen LogP contribution in [0.4, 0.5) is 4.39 Å². The molecule has 0 bridgehead atoms. The normalized spacial score (nSPS) is 11.7. The standard InChI is InChI=1S/C12H16BrFN2O3S/c1-8(2)12(17)15-5-6-16-20(18,19)11-4-3-9(14)7-10(11)13/h3-4,7-8,16H,5-6H2,1-2H3,(H,15,17). The van der Waals surface area contributed by atoms with Crippen LogP contribution < -0.4 is 10.0 Å². The first-order valence-electron chi connectivity index (χ1n) is 5.96. The highest BCUT2D eigenvalue weighted by Crippen LogP contribution is 2.22. The van der Waals surface area contributed by atoms with Gasteiger partial charge in [0.15, 0.2) is 0 Å². The van der Waals surface area contributed by atoms with Gasteiger partial charge in [0.1, 0.15) is 5.82 Å². The summed E-state index contributed by atoms with van der Waals surface area (Å²) in [4.78, 5) is 11.2. The fourth-order valence-electron chi connectivity index (χ4n) is 1.35. The molecule has 0 saturated carbocycles. The van der Waals surface area contributed by atoms with Gasteiger partial charge < -0.3 is 5.32 Å². The van der Waals surface area contributed by atoms with Crippen molar-refractivity contribution in [1.29, 1.82) is 0 Å². The largest absolute Gasteiger partial charge is 0.355 e. The smallest absolute Gasteiger partial charge is 0.241 e. The van der Waals surface area contributed by atoms with Crippen molar-refractivity contribution in [3.8, 4) is 0 Å². The minimum absolute atomic E-state index is 0.0471. The van der Waals surface area contributed by atoms with E-state index in [0.717, 1.165) is 12.1 Å². The number of carbonyl (C=O) groups excluding carboxylic acids is 1. The number of benzene rings is 1.